The number of aryl methyl sites for hydroxylation is 1. The number of aromatic nitrogens is 1. The van der Waals surface area contributed by atoms with E-state index < -0.39 is 0 Å². The monoisotopic (exact) mass is 778 g/mol. The van der Waals surface area contributed by atoms with Crippen LogP contribution in [-0.4, -0.2) is 4.57 Å². The molecule has 0 fully saturated rings. The molecule has 11 rings (SSSR count). The van der Waals surface area contributed by atoms with Gasteiger partial charge in [0, 0.05) is 33.5 Å². The Morgan fingerprint density at radius 2 is 0.754 bits per heavy atom. The minimum absolute atomic E-state index is 1.10. The molecular formula is C59H42N2. The van der Waals surface area contributed by atoms with Gasteiger partial charge in [0.2, 0.25) is 0 Å². The molecule has 2 heteroatoms. The molecule has 10 aromatic carbocycles. The van der Waals surface area contributed by atoms with E-state index in [4.69, 9.17) is 0 Å². The van der Waals surface area contributed by atoms with E-state index >= 15 is 0 Å². The second-order valence-corrected chi connectivity index (χ2v) is 15.9. The maximum Gasteiger partial charge on any atom is 0.0541 e. The zero-order chi connectivity index (χ0) is 40.7. The second-order valence-electron chi connectivity index (χ2n) is 15.9. The Morgan fingerprint density at radius 1 is 0.311 bits per heavy atom. The number of rotatable bonds is 8. The van der Waals surface area contributed by atoms with E-state index in [1.807, 2.05) is 0 Å². The minimum Gasteiger partial charge on any atom is -0.310 e. The van der Waals surface area contributed by atoms with Crippen molar-refractivity contribution in [1.29, 1.82) is 0 Å². The molecule has 0 N–H and O–H groups in total. The molecule has 0 bridgehead atoms. The zero-order valence-corrected chi connectivity index (χ0v) is 33.9. The molecule has 1 aromatic heterocycles. The molecular weight excluding hydrogens is 737 g/mol. The highest BCUT2D eigenvalue weighted by molar-refractivity contribution is 6.09. The summed E-state index contributed by atoms with van der Waals surface area (Å²) in [5.74, 6) is 0. The Morgan fingerprint density at radius 3 is 1.38 bits per heavy atom. The van der Waals surface area contributed by atoms with Gasteiger partial charge in [0.15, 0.2) is 0 Å². The quantitative estimate of drug-likeness (QED) is 0.149. The van der Waals surface area contributed by atoms with E-state index in [0.29, 0.717) is 0 Å². The van der Waals surface area contributed by atoms with E-state index in [1.165, 1.54) is 82.6 Å². The maximum atomic E-state index is 2.39. The second kappa shape index (κ2) is 15.3. The standard InChI is InChI=1S/C59H42N2/c1-41-38-50(49-16-11-17-54(40-49)61-58-20-9-7-18-55(58)56-19-8-10-21-59(56)61)32-37-57(41)60(53-35-30-47(31-36-53)51-27-26-43-14-5-6-15-48(43)39-51)52-33-28-46(29-34-52)45-24-22-44(23-25-45)42-12-3-2-4-13-42/h2-40H,1H3. The maximum absolute atomic E-state index is 2.39. The van der Waals surface area contributed by atoms with Crippen LogP contribution in [0.2, 0.25) is 0 Å². The SMILES string of the molecule is Cc1cc(-c2cccc(-n3c4ccccc4c4ccccc43)c2)ccc1N(c1ccc(-c2ccc(-c3ccccc3)cc2)cc1)c1ccc(-c2ccc3ccccc3c2)cc1. The fraction of sp³-hybridized carbons (Fsp3) is 0.0169. The fourth-order valence-electron chi connectivity index (χ4n) is 9.00. The van der Waals surface area contributed by atoms with Gasteiger partial charge < -0.3 is 9.47 Å². The highest BCUT2D eigenvalue weighted by Crippen LogP contribution is 2.41. The van der Waals surface area contributed by atoms with Gasteiger partial charge in [-0.05, 0) is 134 Å². The molecule has 0 atom stereocenters. The normalized spacial score (nSPS) is 11.4. The van der Waals surface area contributed by atoms with Crippen molar-refractivity contribution in [3.8, 4) is 50.2 Å². The molecule has 61 heavy (non-hydrogen) atoms. The van der Waals surface area contributed by atoms with E-state index in [9.17, 15) is 0 Å². The number of para-hydroxylation sites is 2. The fourth-order valence-corrected chi connectivity index (χ4v) is 9.00. The van der Waals surface area contributed by atoms with Gasteiger partial charge in [-0.3, -0.25) is 0 Å². The number of anilines is 3. The van der Waals surface area contributed by atoms with Crippen LogP contribution < -0.4 is 4.90 Å². The molecule has 0 radical (unpaired) electrons. The average Bonchev–Trinajstić information content (AvgIpc) is 3.67. The van der Waals surface area contributed by atoms with E-state index in [2.05, 4.69) is 253 Å². The predicted octanol–water partition coefficient (Wildman–Crippen LogP) is 16.4. The average molecular weight is 779 g/mol. The summed E-state index contributed by atoms with van der Waals surface area (Å²) < 4.78 is 2.39. The lowest BCUT2D eigenvalue weighted by Gasteiger charge is -2.28. The summed E-state index contributed by atoms with van der Waals surface area (Å²) in [5.41, 5.74) is 17.7. The molecule has 0 unspecified atom stereocenters. The smallest absolute Gasteiger partial charge is 0.0541 e. The number of benzene rings is 10. The molecule has 0 spiro atoms. The Hall–Kier alpha value is -7.94. The first-order valence-electron chi connectivity index (χ1n) is 21.0. The van der Waals surface area contributed by atoms with Crippen LogP contribution in [0.4, 0.5) is 17.1 Å². The van der Waals surface area contributed by atoms with Gasteiger partial charge in [-0.2, -0.15) is 0 Å². The summed E-state index contributed by atoms with van der Waals surface area (Å²) in [7, 11) is 0. The number of hydrogen-bond acceptors (Lipinski definition) is 1. The van der Waals surface area contributed by atoms with Crippen LogP contribution in [0, 0.1) is 6.92 Å². The van der Waals surface area contributed by atoms with Crippen molar-refractivity contribution < 1.29 is 0 Å². The molecule has 0 saturated carbocycles. The van der Waals surface area contributed by atoms with Crippen molar-refractivity contribution in [3.05, 3.63) is 242 Å². The zero-order valence-electron chi connectivity index (χ0n) is 33.9. The summed E-state index contributed by atoms with van der Waals surface area (Å²) >= 11 is 0. The molecule has 11 aromatic rings. The van der Waals surface area contributed by atoms with Crippen molar-refractivity contribution in [3.63, 3.8) is 0 Å². The highest BCUT2D eigenvalue weighted by atomic mass is 15.1. The third-order valence-electron chi connectivity index (χ3n) is 12.1. The van der Waals surface area contributed by atoms with Crippen molar-refractivity contribution in [2.75, 3.05) is 4.90 Å². The van der Waals surface area contributed by atoms with Crippen LogP contribution in [0.25, 0.3) is 82.8 Å². The Kier molecular flexibility index (Phi) is 9.09. The molecule has 1 heterocycles. The summed E-state index contributed by atoms with van der Waals surface area (Å²) in [5, 5.41) is 5.03. The number of nitrogens with zero attached hydrogens (tertiary/aromatic N) is 2. The Bertz CT molecular complexity index is 3290. The van der Waals surface area contributed by atoms with Crippen LogP contribution >= 0.6 is 0 Å². The Balaban J connectivity index is 0.962. The summed E-state index contributed by atoms with van der Waals surface area (Å²) in [6.07, 6.45) is 0. The lowest BCUT2D eigenvalue weighted by Crippen LogP contribution is -2.11. The number of fused-ring (bicyclic) bond motifs is 4. The largest absolute Gasteiger partial charge is 0.310 e. The highest BCUT2D eigenvalue weighted by Gasteiger charge is 2.17. The van der Waals surface area contributed by atoms with Crippen LogP contribution in [-0.2, 0) is 0 Å². The molecule has 2 nitrogen and oxygen atoms in total. The van der Waals surface area contributed by atoms with Crippen molar-refractivity contribution in [2.24, 2.45) is 0 Å². The van der Waals surface area contributed by atoms with E-state index in [1.54, 1.807) is 0 Å². The summed E-state index contributed by atoms with van der Waals surface area (Å²) in [6.45, 7) is 2.23. The van der Waals surface area contributed by atoms with Gasteiger partial charge in [0.1, 0.15) is 0 Å². The Labute approximate surface area is 356 Å². The predicted molar refractivity (Wildman–Crippen MR) is 259 cm³/mol. The third-order valence-corrected chi connectivity index (χ3v) is 12.1. The van der Waals surface area contributed by atoms with Crippen molar-refractivity contribution in [2.45, 2.75) is 6.92 Å². The lowest BCUT2D eigenvalue weighted by atomic mass is 9.98. The summed E-state index contributed by atoms with van der Waals surface area (Å²) in [6, 6.07) is 85.9. The summed E-state index contributed by atoms with van der Waals surface area (Å²) in [4.78, 5) is 2.39. The van der Waals surface area contributed by atoms with Gasteiger partial charge in [0.05, 0.1) is 11.0 Å². The molecule has 0 aliphatic heterocycles. The van der Waals surface area contributed by atoms with E-state index in [-0.39, 0.29) is 0 Å². The first-order valence-corrected chi connectivity index (χ1v) is 21.0. The molecule has 0 amide bonds. The molecule has 288 valence electrons. The van der Waals surface area contributed by atoms with Gasteiger partial charge in [-0.15, -0.1) is 0 Å². The molecule has 0 aliphatic rings. The van der Waals surface area contributed by atoms with Crippen molar-refractivity contribution >= 4 is 49.6 Å². The van der Waals surface area contributed by atoms with Crippen LogP contribution in [0.15, 0.2) is 237 Å². The lowest BCUT2D eigenvalue weighted by molar-refractivity contribution is 1.18. The van der Waals surface area contributed by atoms with Crippen LogP contribution in [0.1, 0.15) is 5.56 Å². The topological polar surface area (TPSA) is 8.17 Å². The van der Waals surface area contributed by atoms with Crippen LogP contribution in [0.5, 0.6) is 0 Å². The van der Waals surface area contributed by atoms with Crippen molar-refractivity contribution in [1.82, 2.24) is 4.57 Å². The van der Waals surface area contributed by atoms with Gasteiger partial charge in [-0.25, -0.2) is 0 Å². The molecule has 0 aliphatic carbocycles. The number of hydrogen-bond donors (Lipinski definition) is 0. The first kappa shape index (κ1) is 36.2. The minimum atomic E-state index is 1.10. The van der Waals surface area contributed by atoms with Gasteiger partial charge >= 0.3 is 0 Å². The van der Waals surface area contributed by atoms with Crippen LogP contribution in [0.3, 0.4) is 0 Å². The van der Waals surface area contributed by atoms with Gasteiger partial charge in [-0.1, -0.05) is 170 Å². The molecule has 0 saturated heterocycles. The van der Waals surface area contributed by atoms with E-state index in [0.717, 1.165) is 22.7 Å². The third kappa shape index (κ3) is 6.75. The van der Waals surface area contributed by atoms with Gasteiger partial charge in [0.25, 0.3) is 0 Å². The first-order chi connectivity index (χ1) is 30.1.